The first-order valence-electron chi connectivity index (χ1n) is 7.27. The molecule has 136 valence electrons. The van der Waals surface area contributed by atoms with Crippen LogP contribution in [0.4, 0.5) is 9.52 Å². The Morgan fingerprint density at radius 1 is 1.04 bits per heavy atom. The van der Waals surface area contributed by atoms with Crippen LogP contribution in [0, 0.1) is 5.82 Å². The highest BCUT2D eigenvalue weighted by Crippen LogP contribution is 2.31. The number of sulfonamides is 1. The number of benzene rings is 2. The zero-order chi connectivity index (χ0) is 18.7. The van der Waals surface area contributed by atoms with Crippen LogP contribution in [0.25, 0.3) is 10.6 Å². The van der Waals surface area contributed by atoms with Gasteiger partial charge in [-0.3, -0.25) is 4.72 Å². The summed E-state index contributed by atoms with van der Waals surface area (Å²) in [6.45, 7) is 0. The number of ether oxygens (including phenoxy) is 2. The topological polar surface area (TPSA) is 90.4 Å². The van der Waals surface area contributed by atoms with Gasteiger partial charge in [-0.05, 0) is 42.5 Å². The molecule has 7 nitrogen and oxygen atoms in total. The Bertz CT molecular complexity index is 1020. The summed E-state index contributed by atoms with van der Waals surface area (Å²) in [4.78, 5) is -0.318. The molecule has 0 saturated carbocycles. The monoisotopic (exact) mass is 395 g/mol. The highest BCUT2D eigenvalue weighted by Gasteiger charge is 2.22. The Hall–Kier alpha value is -2.72. The highest BCUT2D eigenvalue weighted by molar-refractivity contribution is 7.93. The lowest BCUT2D eigenvalue weighted by atomic mass is 10.2. The second kappa shape index (κ2) is 7.26. The normalized spacial score (nSPS) is 11.2. The maximum Gasteiger partial charge on any atom is 0.267 e. The number of hydrogen-bond acceptors (Lipinski definition) is 7. The predicted octanol–water partition coefficient (Wildman–Crippen LogP) is 3.16. The number of rotatable bonds is 6. The third kappa shape index (κ3) is 3.75. The molecule has 0 aliphatic rings. The quantitative estimate of drug-likeness (QED) is 0.689. The maximum atomic E-state index is 13.5. The summed E-state index contributed by atoms with van der Waals surface area (Å²) < 4.78 is 50.9. The van der Waals surface area contributed by atoms with E-state index in [0.29, 0.717) is 10.8 Å². The lowest BCUT2D eigenvalue weighted by molar-refractivity contribution is 0.401. The Kier molecular flexibility index (Phi) is 5.05. The van der Waals surface area contributed by atoms with E-state index < -0.39 is 15.8 Å². The van der Waals surface area contributed by atoms with Crippen molar-refractivity contribution in [1.82, 2.24) is 10.2 Å². The van der Waals surface area contributed by atoms with Gasteiger partial charge in [0, 0.05) is 5.56 Å². The molecule has 0 atom stereocenters. The van der Waals surface area contributed by atoms with Crippen LogP contribution >= 0.6 is 11.3 Å². The fraction of sp³-hybridized carbons (Fsp3) is 0.125. The maximum absolute atomic E-state index is 13.5. The first-order chi connectivity index (χ1) is 12.4. The van der Waals surface area contributed by atoms with Gasteiger partial charge in [0.25, 0.3) is 10.0 Å². The number of halogens is 1. The lowest BCUT2D eigenvalue weighted by Gasteiger charge is -2.09. The van der Waals surface area contributed by atoms with Gasteiger partial charge < -0.3 is 9.47 Å². The van der Waals surface area contributed by atoms with E-state index in [1.54, 1.807) is 31.4 Å². The van der Waals surface area contributed by atoms with Crippen molar-refractivity contribution in [2.24, 2.45) is 0 Å². The zero-order valence-electron chi connectivity index (χ0n) is 13.8. The molecule has 26 heavy (non-hydrogen) atoms. The number of hydrogen-bond donors (Lipinski definition) is 1. The molecular formula is C16H14FN3O4S2. The Morgan fingerprint density at radius 3 is 2.42 bits per heavy atom. The van der Waals surface area contributed by atoms with Crippen LogP contribution in [0.15, 0.2) is 47.4 Å². The standard InChI is InChI=1S/C16H14FN3O4S2/c1-23-12-6-3-10(4-7-12)15-18-19-16(25-15)20-26(21,22)14-9-11(17)5-8-13(14)24-2/h3-9H,1-2H3,(H,19,20). The molecule has 0 radical (unpaired) electrons. The number of methoxy groups -OCH3 is 2. The second-order valence-corrected chi connectivity index (χ2v) is 7.67. The number of aromatic nitrogens is 2. The molecule has 0 aliphatic carbocycles. The summed E-state index contributed by atoms with van der Waals surface area (Å²) in [7, 11) is -1.22. The minimum atomic E-state index is -4.09. The van der Waals surface area contributed by atoms with E-state index >= 15 is 0 Å². The summed E-state index contributed by atoms with van der Waals surface area (Å²) in [5.74, 6) is 0.0264. The zero-order valence-corrected chi connectivity index (χ0v) is 15.4. The Morgan fingerprint density at radius 2 is 1.77 bits per heavy atom. The van der Waals surface area contributed by atoms with E-state index in [1.165, 1.54) is 13.2 Å². The predicted molar refractivity (Wildman–Crippen MR) is 95.7 cm³/mol. The average molecular weight is 395 g/mol. The van der Waals surface area contributed by atoms with Gasteiger partial charge in [0.05, 0.1) is 14.2 Å². The molecule has 10 heteroatoms. The van der Waals surface area contributed by atoms with Gasteiger partial charge in [0.2, 0.25) is 5.13 Å². The van der Waals surface area contributed by atoms with Crippen molar-refractivity contribution in [2.75, 3.05) is 18.9 Å². The van der Waals surface area contributed by atoms with Crippen LogP contribution in [0.3, 0.4) is 0 Å². The van der Waals surface area contributed by atoms with Crippen LogP contribution in [-0.4, -0.2) is 32.8 Å². The molecule has 1 aromatic heterocycles. The highest BCUT2D eigenvalue weighted by atomic mass is 32.2. The van der Waals surface area contributed by atoms with Crippen molar-refractivity contribution in [3.63, 3.8) is 0 Å². The van der Waals surface area contributed by atoms with Gasteiger partial charge in [-0.2, -0.15) is 0 Å². The molecular weight excluding hydrogens is 381 g/mol. The van der Waals surface area contributed by atoms with Gasteiger partial charge in [-0.25, -0.2) is 12.8 Å². The van der Waals surface area contributed by atoms with E-state index in [1.807, 2.05) is 0 Å². The van der Waals surface area contributed by atoms with E-state index in [9.17, 15) is 12.8 Å². The molecule has 1 heterocycles. The minimum absolute atomic E-state index is 0.0267. The summed E-state index contributed by atoms with van der Waals surface area (Å²) in [5.41, 5.74) is 0.761. The molecule has 1 N–H and O–H groups in total. The van der Waals surface area contributed by atoms with Gasteiger partial charge in [0.1, 0.15) is 27.2 Å². The summed E-state index contributed by atoms with van der Waals surface area (Å²) in [6, 6.07) is 10.3. The third-order valence-corrected chi connectivity index (χ3v) is 5.78. The second-order valence-electron chi connectivity index (χ2n) is 5.04. The van der Waals surface area contributed by atoms with Crippen LogP contribution in [0.2, 0.25) is 0 Å². The lowest BCUT2D eigenvalue weighted by Crippen LogP contribution is -2.14. The van der Waals surface area contributed by atoms with E-state index in [-0.39, 0.29) is 15.8 Å². The largest absolute Gasteiger partial charge is 0.497 e. The smallest absolute Gasteiger partial charge is 0.267 e. The van der Waals surface area contributed by atoms with Crippen LogP contribution < -0.4 is 14.2 Å². The van der Waals surface area contributed by atoms with Gasteiger partial charge in [-0.1, -0.05) is 11.3 Å². The molecule has 0 saturated heterocycles. The molecule has 0 spiro atoms. The Labute approximate surface area is 153 Å². The third-order valence-electron chi connectivity index (χ3n) is 3.40. The molecule has 2 aromatic carbocycles. The van der Waals surface area contributed by atoms with E-state index in [0.717, 1.165) is 29.0 Å². The first kappa shape index (κ1) is 18.1. The minimum Gasteiger partial charge on any atom is -0.497 e. The molecule has 0 aliphatic heterocycles. The first-order valence-corrected chi connectivity index (χ1v) is 9.57. The van der Waals surface area contributed by atoms with Crippen LogP contribution in [0.5, 0.6) is 11.5 Å². The van der Waals surface area contributed by atoms with Gasteiger partial charge in [0.15, 0.2) is 0 Å². The van der Waals surface area contributed by atoms with E-state index in [4.69, 9.17) is 9.47 Å². The fourth-order valence-electron chi connectivity index (χ4n) is 2.15. The van der Waals surface area contributed by atoms with Crippen molar-refractivity contribution in [2.45, 2.75) is 4.90 Å². The number of nitrogens with one attached hydrogen (secondary N) is 1. The van der Waals surface area contributed by atoms with Crippen molar-refractivity contribution < 1.29 is 22.3 Å². The van der Waals surface area contributed by atoms with Crippen molar-refractivity contribution in [1.29, 1.82) is 0 Å². The van der Waals surface area contributed by atoms with E-state index in [2.05, 4.69) is 14.9 Å². The molecule has 0 amide bonds. The van der Waals surface area contributed by atoms with Crippen molar-refractivity contribution >= 4 is 26.5 Å². The fourth-order valence-corrected chi connectivity index (χ4v) is 4.31. The average Bonchev–Trinajstić information content (AvgIpc) is 3.09. The van der Waals surface area contributed by atoms with Crippen molar-refractivity contribution in [3.05, 3.63) is 48.3 Å². The molecule has 0 unspecified atom stereocenters. The SMILES string of the molecule is COc1ccc(-c2nnc(NS(=O)(=O)c3cc(F)ccc3OC)s2)cc1. The van der Waals surface area contributed by atoms with Crippen LogP contribution in [0.1, 0.15) is 0 Å². The Balaban J connectivity index is 1.87. The summed E-state index contributed by atoms with van der Waals surface area (Å²) in [5, 5.41) is 8.39. The molecule has 0 bridgehead atoms. The summed E-state index contributed by atoms with van der Waals surface area (Å²) in [6.07, 6.45) is 0. The summed E-state index contributed by atoms with van der Waals surface area (Å²) >= 11 is 1.05. The molecule has 3 rings (SSSR count). The van der Waals surface area contributed by atoms with Crippen molar-refractivity contribution in [3.8, 4) is 22.1 Å². The van der Waals surface area contributed by atoms with Gasteiger partial charge in [-0.15, -0.1) is 10.2 Å². The van der Waals surface area contributed by atoms with Crippen LogP contribution in [-0.2, 0) is 10.0 Å². The molecule has 0 fully saturated rings. The van der Waals surface area contributed by atoms with Gasteiger partial charge >= 0.3 is 0 Å². The number of nitrogens with zero attached hydrogens (tertiary/aromatic N) is 2. The number of anilines is 1. The molecule has 3 aromatic rings.